The van der Waals surface area contributed by atoms with Crippen LogP contribution in [-0.2, 0) is 22.9 Å². The van der Waals surface area contributed by atoms with Gasteiger partial charge in [0.2, 0.25) is 10.0 Å². The summed E-state index contributed by atoms with van der Waals surface area (Å²) in [7, 11) is -3.18. The van der Waals surface area contributed by atoms with Crippen LogP contribution in [0.1, 0.15) is 36.5 Å². The highest BCUT2D eigenvalue weighted by atomic mass is 32.2. The Morgan fingerprint density at radius 3 is 2.43 bits per heavy atom. The summed E-state index contributed by atoms with van der Waals surface area (Å²) in [5, 5.41) is 0. The minimum Gasteiger partial charge on any atom is -0.354 e. The third kappa shape index (κ3) is 4.50. The second kappa shape index (κ2) is 8.53. The van der Waals surface area contributed by atoms with E-state index in [2.05, 4.69) is 14.9 Å². The van der Waals surface area contributed by atoms with Crippen molar-refractivity contribution in [1.29, 1.82) is 0 Å². The first-order chi connectivity index (χ1) is 13.3. The van der Waals surface area contributed by atoms with Crippen molar-refractivity contribution >= 4 is 15.8 Å². The van der Waals surface area contributed by atoms with E-state index in [0.717, 1.165) is 29.1 Å². The van der Waals surface area contributed by atoms with Crippen LogP contribution in [-0.4, -0.2) is 54.6 Å². The van der Waals surface area contributed by atoms with Crippen molar-refractivity contribution in [3.63, 3.8) is 0 Å². The van der Waals surface area contributed by atoms with Gasteiger partial charge in [-0.25, -0.2) is 22.8 Å². The summed E-state index contributed by atoms with van der Waals surface area (Å²) in [5.74, 6) is 1.38. The van der Waals surface area contributed by atoms with Gasteiger partial charge in [0, 0.05) is 43.9 Å². The van der Waals surface area contributed by atoms with Crippen molar-refractivity contribution in [3.05, 3.63) is 52.7 Å². The van der Waals surface area contributed by atoms with Crippen molar-refractivity contribution in [2.75, 3.05) is 36.8 Å². The fourth-order valence-electron chi connectivity index (χ4n) is 3.58. The van der Waals surface area contributed by atoms with Crippen LogP contribution in [0.5, 0.6) is 0 Å². The molecule has 0 atom stereocenters. The van der Waals surface area contributed by atoms with Crippen molar-refractivity contribution in [3.8, 4) is 0 Å². The smallest absolute Gasteiger partial charge is 0.213 e. The Kier molecular flexibility index (Phi) is 6.30. The summed E-state index contributed by atoms with van der Waals surface area (Å²) >= 11 is 0. The van der Waals surface area contributed by atoms with Crippen molar-refractivity contribution in [1.82, 2.24) is 14.3 Å². The number of benzene rings is 1. The topological polar surface area (TPSA) is 66.4 Å². The molecule has 0 aliphatic carbocycles. The average Bonchev–Trinajstić information content (AvgIpc) is 2.69. The van der Waals surface area contributed by atoms with Gasteiger partial charge in [-0.1, -0.05) is 19.1 Å². The lowest BCUT2D eigenvalue weighted by molar-refractivity contribution is 0.384. The molecule has 152 valence electrons. The zero-order valence-electron chi connectivity index (χ0n) is 16.7. The van der Waals surface area contributed by atoms with E-state index in [1.807, 2.05) is 19.9 Å². The van der Waals surface area contributed by atoms with Gasteiger partial charge < -0.3 is 4.90 Å². The van der Waals surface area contributed by atoms with E-state index in [9.17, 15) is 12.8 Å². The number of hydrogen-bond donors (Lipinski definition) is 0. The zero-order chi connectivity index (χ0) is 20.3. The fourth-order valence-corrected chi connectivity index (χ4v) is 4.67. The number of sulfonamides is 1. The molecule has 6 nitrogen and oxygen atoms in total. The maximum absolute atomic E-state index is 13.7. The molecule has 1 aromatic carbocycles. The summed E-state index contributed by atoms with van der Waals surface area (Å²) in [6.45, 7) is 7.63. The van der Waals surface area contributed by atoms with Gasteiger partial charge in [-0.3, -0.25) is 0 Å². The molecule has 0 N–H and O–H groups in total. The largest absolute Gasteiger partial charge is 0.354 e. The molecule has 0 spiro atoms. The number of rotatable bonds is 6. The number of hydrogen-bond acceptors (Lipinski definition) is 5. The number of halogens is 1. The monoisotopic (exact) mass is 406 g/mol. The Balaban J connectivity index is 1.91. The van der Waals surface area contributed by atoms with Crippen LogP contribution >= 0.6 is 0 Å². The highest BCUT2D eigenvalue weighted by Crippen LogP contribution is 2.26. The van der Waals surface area contributed by atoms with Crippen LogP contribution in [0.4, 0.5) is 10.2 Å². The molecular weight excluding hydrogens is 379 g/mol. The van der Waals surface area contributed by atoms with Crippen molar-refractivity contribution in [2.45, 2.75) is 33.6 Å². The predicted molar refractivity (Wildman–Crippen MR) is 109 cm³/mol. The molecule has 2 aromatic rings. The normalized spacial score (nSPS) is 15.8. The minimum atomic E-state index is -3.18. The Morgan fingerprint density at radius 2 is 1.82 bits per heavy atom. The average molecular weight is 407 g/mol. The predicted octanol–water partition coefficient (Wildman–Crippen LogP) is 2.55. The van der Waals surface area contributed by atoms with E-state index in [0.29, 0.717) is 38.4 Å². The highest BCUT2D eigenvalue weighted by Gasteiger charge is 2.28. The van der Waals surface area contributed by atoms with Crippen LogP contribution < -0.4 is 4.90 Å². The molecule has 0 radical (unpaired) electrons. The summed E-state index contributed by atoms with van der Waals surface area (Å²) < 4.78 is 39.5. The lowest BCUT2D eigenvalue weighted by Gasteiger charge is -2.35. The Labute approximate surface area is 166 Å². The third-order valence-electron chi connectivity index (χ3n) is 5.08. The highest BCUT2D eigenvalue weighted by molar-refractivity contribution is 7.89. The molecule has 28 heavy (non-hydrogen) atoms. The van der Waals surface area contributed by atoms with E-state index in [-0.39, 0.29) is 11.6 Å². The molecule has 0 bridgehead atoms. The molecular formula is C20H27FN4O2S. The molecule has 0 unspecified atom stereocenters. The van der Waals surface area contributed by atoms with Crippen LogP contribution in [0.15, 0.2) is 24.3 Å². The van der Waals surface area contributed by atoms with Gasteiger partial charge in [0.05, 0.1) is 5.75 Å². The summed E-state index contributed by atoms with van der Waals surface area (Å²) in [5.41, 5.74) is 2.82. The standard InChI is InChI=1S/C20H27FN4O2S/c1-4-19-18(14-16-7-6-8-17(21)13-16)20(23-15(3)22-19)24-9-11-25(12-10-24)28(26,27)5-2/h6-8,13H,4-5,9-12,14H2,1-3H3. The SMILES string of the molecule is CCc1nc(C)nc(N2CCN(S(=O)(=O)CC)CC2)c1Cc1cccc(F)c1. The number of nitrogens with zero attached hydrogens (tertiary/aromatic N) is 4. The van der Waals surface area contributed by atoms with Gasteiger partial charge in [0.1, 0.15) is 17.5 Å². The molecule has 1 fully saturated rings. The quantitative estimate of drug-likeness (QED) is 0.738. The van der Waals surface area contributed by atoms with Gasteiger partial charge >= 0.3 is 0 Å². The molecule has 0 saturated carbocycles. The lowest BCUT2D eigenvalue weighted by atomic mass is 10.0. The summed E-state index contributed by atoms with van der Waals surface area (Å²) in [6, 6.07) is 6.58. The second-order valence-electron chi connectivity index (χ2n) is 6.97. The Bertz CT molecular complexity index is 941. The minimum absolute atomic E-state index is 0.115. The molecule has 1 aliphatic heterocycles. The molecule has 2 heterocycles. The van der Waals surface area contributed by atoms with E-state index in [1.165, 1.54) is 12.1 Å². The number of aryl methyl sites for hydroxylation is 2. The molecule has 0 amide bonds. The maximum Gasteiger partial charge on any atom is 0.213 e. The summed E-state index contributed by atoms with van der Waals surface area (Å²) in [6.07, 6.45) is 1.30. The van der Waals surface area contributed by atoms with E-state index in [1.54, 1.807) is 17.3 Å². The Hall–Kier alpha value is -2.06. The van der Waals surface area contributed by atoms with Gasteiger partial charge in [-0.2, -0.15) is 4.31 Å². The molecule has 1 saturated heterocycles. The molecule has 8 heteroatoms. The van der Waals surface area contributed by atoms with Gasteiger partial charge in [0.25, 0.3) is 0 Å². The lowest BCUT2D eigenvalue weighted by Crippen LogP contribution is -2.49. The first kappa shape index (κ1) is 20.7. The molecule has 1 aromatic heterocycles. The van der Waals surface area contributed by atoms with Gasteiger partial charge in [-0.05, 0) is 38.0 Å². The fraction of sp³-hybridized carbons (Fsp3) is 0.500. The van der Waals surface area contributed by atoms with Gasteiger partial charge in [-0.15, -0.1) is 0 Å². The maximum atomic E-state index is 13.7. The first-order valence-electron chi connectivity index (χ1n) is 9.67. The molecule has 1 aliphatic rings. The second-order valence-corrected chi connectivity index (χ2v) is 9.22. The van der Waals surface area contributed by atoms with Crippen molar-refractivity contribution < 1.29 is 12.8 Å². The number of anilines is 1. The number of piperazine rings is 1. The third-order valence-corrected chi connectivity index (χ3v) is 6.97. The zero-order valence-corrected chi connectivity index (χ0v) is 17.5. The van der Waals surface area contributed by atoms with Crippen molar-refractivity contribution in [2.24, 2.45) is 0 Å². The summed E-state index contributed by atoms with van der Waals surface area (Å²) in [4.78, 5) is 11.4. The van der Waals surface area contributed by atoms with Crippen LogP contribution in [0.3, 0.4) is 0 Å². The van der Waals surface area contributed by atoms with E-state index in [4.69, 9.17) is 0 Å². The van der Waals surface area contributed by atoms with E-state index >= 15 is 0 Å². The van der Waals surface area contributed by atoms with Crippen LogP contribution in [0.25, 0.3) is 0 Å². The van der Waals surface area contributed by atoms with E-state index < -0.39 is 10.0 Å². The number of aromatic nitrogens is 2. The van der Waals surface area contributed by atoms with Crippen LogP contribution in [0.2, 0.25) is 0 Å². The van der Waals surface area contributed by atoms with Gasteiger partial charge in [0.15, 0.2) is 0 Å². The van der Waals surface area contributed by atoms with Crippen LogP contribution in [0, 0.1) is 12.7 Å². The first-order valence-corrected chi connectivity index (χ1v) is 11.3. The molecule has 3 rings (SSSR count). The Morgan fingerprint density at radius 1 is 1.11 bits per heavy atom.